The van der Waals surface area contributed by atoms with Crippen molar-refractivity contribution in [3.05, 3.63) is 52.8 Å². The van der Waals surface area contributed by atoms with Gasteiger partial charge in [0.2, 0.25) is 20.8 Å². The molecule has 5 nitrogen and oxygen atoms in total. The maximum Gasteiger partial charge on any atom is 0.240 e. The number of hydrogen-bond donors (Lipinski definition) is 1. The SMILES string of the molecule is C=C(C)c1coc(S(=O)(=O)CC(=O)Nc2c3c(cc4c2CCC4)CCC3)c1. The second kappa shape index (κ2) is 6.68. The van der Waals surface area contributed by atoms with Crippen LogP contribution < -0.4 is 5.32 Å². The first-order valence-corrected chi connectivity index (χ1v) is 10.9. The topological polar surface area (TPSA) is 76.4 Å². The Bertz CT molecular complexity index is 1010. The van der Waals surface area contributed by atoms with Crippen LogP contribution in [0, 0.1) is 0 Å². The molecule has 1 N–H and O–H groups in total. The van der Waals surface area contributed by atoms with E-state index in [4.69, 9.17) is 4.42 Å². The summed E-state index contributed by atoms with van der Waals surface area (Å²) in [4.78, 5) is 12.6. The van der Waals surface area contributed by atoms with Crippen molar-refractivity contribution in [1.29, 1.82) is 0 Å². The fourth-order valence-electron chi connectivity index (χ4n) is 4.09. The van der Waals surface area contributed by atoms with Crippen LogP contribution in [-0.2, 0) is 40.3 Å². The zero-order valence-corrected chi connectivity index (χ0v) is 16.2. The third kappa shape index (κ3) is 3.34. The summed E-state index contributed by atoms with van der Waals surface area (Å²) in [7, 11) is -3.84. The second-order valence-corrected chi connectivity index (χ2v) is 9.40. The molecule has 0 saturated heterocycles. The van der Waals surface area contributed by atoms with E-state index in [2.05, 4.69) is 18.0 Å². The van der Waals surface area contributed by atoms with Crippen LogP contribution in [0.3, 0.4) is 0 Å². The molecule has 1 heterocycles. The molecule has 2 aliphatic rings. The summed E-state index contributed by atoms with van der Waals surface area (Å²) in [5, 5.41) is 2.73. The molecule has 0 bridgehead atoms. The van der Waals surface area contributed by atoms with Crippen molar-refractivity contribution in [2.75, 3.05) is 11.1 Å². The Hall–Kier alpha value is -2.34. The van der Waals surface area contributed by atoms with E-state index < -0.39 is 21.5 Å². The number of rotatable bonds is 5. The summed E-state index contributed by atoms with van der Waals surface area (Å²) in [5.41, 5.74) is 7.15. The lowest BCUT2D eigenvalue weighted by Crippen LogP contribution is -2.24. The molecule has 4 rings (SSSR count). The minimum atomic E-state index is -3.84. The van der Waals surface area contributed by atoms with E-state index in [-0.39, 0.29) is 5.09 Å². The molecule has 1 aromatic heterocycles. The first-order valence-electron chi connectivity index (χ1n) is 9.28. The van der Waals surface area contributed by atoms with Gasteiger partial charge in [-0.05, 0) is 73.3 Å². The lowest BCUT2D eigenvalue weighted by Gasteiger charge is -2.16. The van der Waals surface area contributed by atoms with Crippen molar-refractivity contribution < 1.29 is 17.6 Å². The fourth-order valence-corrected chi connectivity index (χ4v) is 5.15. The number of sulfone groups is 1. The molecular weight excluding hydrogens is 362 g/mol. The minimum absolute atomic E-state index is 0.195. The highest BCUT2D eigenvalue weighted by atomic mass is 32.2. The van der Waals surface area contributed by atoms with E-state index in [1.54, 1.807) is 6.92 Å². The van der Waals surface area contributed by atoms with Crippen molar-refractivity contribution in [2.24, 2.45) is 0 Å². The van der Waals surface area contributed by atoms with Crippen LogP contribution in [0.15, 0.2) is 34.5 Å². The van der Waals surface area contributed by atoms with Crippen molar-refractivity contribution in [3.8, 4) is 0 Å². The number of hydrogen-bond acceptors (Lipinski definition) is 4. The second-order valence-electron chi connectivity index (χ2n) is 7.48. The predicted molar refractivity (Wildman–Crippen MR) is 105 cm³/mol. The van der Waals surface area contributed by atoms with E-state index in [0.29, 0.717) is 11.1 Å². The molecule has 1 amide bonds. The molecule has 1 aromatic carbocycles. The largest absolute Gasteiger partial charge is 0.452 e. The summed E-state index contributed by atoms with van der Waals surface area (Å²) in [6.07, 6.45) is 7.44. The lowest BCUT2D eigenvalue weighted by molar-refractivity contribution is -0.113. The van der Waals surface area contributed by atoms with E-state index in [9.17, 15) is 13.2 Å². The molecule has 0 unspecified atom stereocenters. The normalized spacial score (nSPS) is 15.4. The minimum Gasteiger partial charge on any atom is -0.452 e. The van der Waals surface area contributed by atoms with Gasteiger partial charge >= 0.3 is 0 Å². The van der Waals surface area contributed by atoms with Crippen molar-refractivity contribution >= 4 is 27.0 Å². The quantitative estimate of drug-likeness (QED) is 0.851. The molecule has 6 heteroatoms. The first kappa shape index (κ1) is 18.0. The van der Waals surface area contributed by atoms with Crippen LogP contribution in [0.1, 0.15) is 47.6 Å². The first-order chi connectivity index (χ1) is 12.8. The number of nitrogens with one attached hydrogen (secondary N) is 1. The number of benzene rings is 1. The maximum atomic E-state index is 12.6. The Morgan fingerprint density at radius 3 is 2.30 bits per heavy atom. The Morgan fingerprint density at radius 1 is 1.11 bits per heavy atom. The van der Waals surface area contributed by atoms with Gasteiger partial charge in [-0.2, -0.15) is 0 Å². The van der Waals surface area contributed by atoms with Gasteiger partial charge in [0.1, 0.15) is 5.75 Å². The summed E-state index contributed by atoms with van der Waals surface area (Å²) < 4.78 is 30.3. The number of carbonyl (C=O) groups is 1. The molecule has 2 aromatic rings. The highest BCUT2D eigenvalue weighted by Gasteiger charge is 2.28. The molecule has 0 fully saturated rings. The van der Waals surface area contributed by atoms with Crippen molar-refractivity contribution in [2.45, 2.75) is 50.5 Å². The standard InChI is InChI=1S/C21H23NO4S/c1-13(2)16-10-20(26-11-16)27(24,25)12-19(23)22-21-17-7-3-5-14(17)9-15-6-4-8-18(15)21/h9-11H,1,3-8,12H2,2H3,(H,22,23). The molecule has 0 aliphatic heterocycles. The molecular formula is C21H23NO4S. The third-order valence-corrected chi connectivity index (χ3v) is 6.90. The van der Waals surface area contributed by atoms with Crippen LogP contribution in [0.4, 0.5) is 5.69 Å². The van der Waals surface area contributed by atoms with Gasteiger partial charge in [-0.1, -0.05) is 12.6 Å². The van der Waals surface area contributed by atoms with Crippen LogP contribution in [0.25, 0.3) is 5.57 Å². The molecule has 27 heavy (non-hydrogen) atoms. The Labute approximate surface area is 159 Å². The van der Waals surface area contributed by atoms with E-state index in [1.807, 2.05) is 0 Å². The highest BCUT2D eigenvalue weighted by Crippen LogP contribution is 2.38. The van der Waals surface area contributed by atoms with Crippen LogP contribution in [0.5, 0.6) is 0 Å². The number of aryl methyl sites for hydroxylation is 2. The van der Waals surface area contributed by atoms with Crippen LogP contribution >= 0.6 is 0 Å². The number of fused-ring (bicyclic) bond motifs is 2. The molecule has 0 spiro atoms. The van der Waals surface area contributed by atoms with Crippen molar-refractivity contribution in [3.63, 3.8) is 0 Å². The number of allylic oxidation sites excluding steroid dienone is 1. The number of amides is 1. The zero-order valence-electron chi connectivity index (χ0n) is 15.4. The van der Waals surface area contributed by atoms with Gasteiger partial charge < -0.3 is 9.73 Å². The summed E-state index contributed by atoms with van der Waals surface area (Å²) in [6.45, 7) is 5.54. The molecule has 0 atom stereocenters. The molecule has 0 radical (unpaired) electrons. The number of carbonyl (C=O) groups excluding carboxylic acids is 1. The molecule has 0 saturated carbocycles. The summed E-state index contributed by atoms with van der Waals surface area (Å²) >= 11 is 0. The Morgan fingerprint density at radius 2 is 1.74 bits per heavy atom. The average molecular weight is 385 g/mol. The summed E-state index contributed by atoms with van der Waals surface area (Å²) in [5.74, 6) is -1.15. The van der Waals surface area contributed by atoms with Gasteiger partial charge in [-0.15, -0.1) is 0 Å². The summed E-state index contributed by atoms with van der Waals surface area (Å²) in [6, 6.07) is 3.70. The fraction of sp³-hybridized carbons (Fsp3) is 0.381. The Balaban J connectivity index is 1.57. The Kier molecular flexibility index (Phi) is 4.46. The number of furan rings is 1. The zero-order chi connectivity index (χ0) is 19.2. The molecule has 142 valence electrons. The van der Waals surface area contributed by atoms with Gasteiger partial charge in [-0.25, -0.2) is 8.42 Å². The van der Waals surface area contributed by atoms with Gasteiger partial charge in [0.05, 0.1) is 6.26 Å². The van der Waals surface area contributed by atoms with Gasteiger partial charge in [0.25, 0.3) is 0 Å². The monoisotopic (exact) mass is 385 g/mol. The predicted octanol–water partition coefficient (Wildman–Crippen LogP) is 3.70. The van der Waals surface area contributed by atoms with Gasteiger partial charge in [0, 0.05) is 17.3 Å². The lowest BCUT2D eigenvalue weighted by atomic mass is 9.98. The van der Waals surface area contributed by atoms with Crippen LogP contribution in [0.2, 0.25) is 0 Å². The maximum absolute atomic E-state index is 12.6. The van der Waals surface area contributed by atoms with E-state index >= 15 is 0 Å². The van der Waals surface area contributed by atoms with Gasteiger partial charge in [-0.3, -0.25) is 4.79 Å². The van der Waals surface area contributed by atoms with E-state index in [1.165, 1.54) is 34.6 Å². The molecule has 2 aliphatic carbocycles. The van der Waals surface area contributed by atoms with Gasteiger partial charge in [0.15, 0.2) is 0 Å². The highest BCUT2D eigenvalue weighted by molar-refractivity contribution is 7.92. The number of anilines is 1. The smallest absolute Gasteiger partial charge is 0.240 e. The van der Waals surface area contributed by atoms with E-state index in [0.717, 1.165) is 44.2 Å². The van der Waals surface area contributed by atoms with Crippen molar-refractivity contribution in [1.82, 2.24) is 0 Å². The third-order valence-electron chi connectivity index (χ3n) is 5.43. The van der Waals surface area contributed by atoms with Crippen LogP contribution in [-0.4, -0.2) is 20.1 Å². The average Bonchev–Trinajstić information content (AvgIpc) is 3.34.